The zero-order valence-electron chi connectivity index (χ0n) is 13.0. The van der Waals surface area contributed by atoms with E-state index in [0.29, 0.717) is 40.2 Å². The lowest BCUT2D eigenvalue weighted by atomic mass is 9.82. The van der Waals surface area contributed by atoms with Gasteiger partial charge < -0.3 is 9.47 Å². The van der Waals surface area contributed by atoms with Crippen LogP contribution >= 0.6 is 0 Å². The van der Waals surface area contributed by atoms with Crippen LogP contribution in [0.1, 0.15) is 37.4 Å². The number of ether oxygens (including phenoxy) is 2. The average molecular weight is 308 g/mol. The van der Waals surface area contributed by atoms with Crippen molar-refractivity contribution in [2.45, 2.75) is 6.42 Å². The Hall–Kier alpha value is -2.88. The normalized spacial score (nSPS) is 12.4. The maximum absolute atomic E-state index is 12.9. The Morgan fingerprint density at radius 2 is 1.65 bits per heavy atom. The largest absolute Gasteiger partial charge is 0.496 e. The third-order valence-corrected chi connectivity index (χ3v) is 4.00. The number of ketones is 2. The fraction of sp³-hybridized carbons (Fsp3) is 0.158. The van der Waals surface area contributed by atoms with Gasteiger partial charge in [-0.05, 0) is 24.1 Å². The van der Waals surface area contributed by atoms with Gasteiger partial charge >= 0.3 is 0 Å². The van der Waals surface area contributed by atoms with Crippen LogP contribution in [0.3, 0.4) is 0 Å². The summed E-state index contributed by atoms with van der Waals surface area (Å²) < 4.78 is 10.7. The van der Waals surface area contributed by atoms with E-state index in [1.165, 1.54) is 14.2 Å². The first-order valence-corrected chi connectivity index (χ1v) is 7.21. The van der Waals surface area contributed by atoms with Gasteiger partial charge in [-0.3, -0.25) is 9.59 Å². The van der Waals surface area contributed by atoms with Gasteiger partial charge in [-0.25, -0.2) is 0 Å². The summed E-state index contributed by atoms with van der Waals surface area (Å²) in [6, 6.07) is 8.49. The van der Waals surface area contributed by atoms with Crippen molar-refractivity contribution in [2.75, 3.05) is 14.2 Å². The van der Waals surface area contributed by atoms with Gasteiger partial charge in [0.05, 0.1) is 25.3 Å². The quantitative estimate of drug-likeness (QED) is 0.695. The standard InChI is InChI=1S/C19H16O4/c1-4-6-11-9-10-13-16(19(11)23-3)18(21)12-7-5-8-14(22-2)15(12)17(13)20/h4-5,7-10H,1,6H2,2-3H3. The number of hydrogen-bond acceptors (Lipinski definition) is 4. The van der Waals surface area contributed by atoms with E-state index in [2.05, 4.69) is 6.58 Å². The molecule has 2 aromatic carbocycles. The number of rotatable bonds is 4. The third-order valence-electron chi connectivity index (χ3n) is 4.00. The van der Waals surface area contributed by atoms with Crippen LogP contribution in [0.25, 0.3) is 0 Å². The molecule has 0 amide bonds. The van der Waals surface area contributed by atoms with Gasteiger partial charge in [0.1, 0.15) is 11.5 Å². The highest BCUT2D eigenvalue weighted by molar-refractivity contribution is 6.30. The monoisotopic (exact) mass is 308 g/mol. The van der Waals surface area contributed by atoms with E-state index in [1.54, 1.807) is 36.4 Å². The van der Waals surface area contributed by atoms with Gasteiger partial charge in [0.2, 0.25) is 0 Å². The van der Waals surface area contributed by atoms with Gasteiger partial charge in [-0.2, -0.15) is 0 Å². The van der Waals surface area contributed by atoms with Gasteiger partial charge in [0.25, 0.3) is 0 Å². The Balaban J connectivity index is 2.30. The van der Waals surface area contributed by atoms with Crippen LogP contribution in [0.4, 0.5) is 0 Å². The van der Waals surface area contributed by atoms with E-state index in [9.17, 15) is 9.59 Å². The Labute approximate surface area is 134 Å². The first-order chi connectivity index (χ1) is 11.1. The Morgan fingerprint density at radius 3 is 2.30 bits per heavy atom. The molecule has 23 heavy (non-hydrogen) atoms. The lowest BCUT2D eigenvalue weighted by Gasteiger charge is -2.22. The molecule has 4 heteroatoms. The molecule has 0 unspecified atom stereocenters. The molecule has 1 aliphatic carbocycles. The van der Waals surface area contributed by atoms with Crippen molar-refractivity contribution in [3.05, 3.63) is 70.8 Å². The summed E-state index contributed by atoms with van der Waals surface area (Å²) in [4.78, 5) is 25.8. The fourth-order valence-electron chi connectivity index (χ4n) is 2.98. The lowest BCUT2D eigenvalue weighted by Crippen LogP contribution is -2.23. The SMILES string of the molecule is C=CCc1ccc2c(c1OC)C(=O)c1cccc(OC)c1C2=O. The molecule has 0 saturated heterocycles. The van der Waals surface area contributed by atoms with E-state index >= 15 is 0 Å². The smallest absolute Gasteiger partial charge is 0.198 e. The summed E-state index contributed by atoms with van der Waals surface area (Å²) >= 11 is 0. The molecule has 0 aliphatic heterocycles. The van der Waals surface area contributed by atoms with Crippen LogP contribution in [0.2, 0.25) is 0 Å². The maximum atomic E-state index is 12.9. The number of methoxy groups -OCH3 is 2. The summed E-state index contributed by atoms with van der Waals surface area (Å²) in [7, 11) is 2.98. The van der Waals surface area contributed by atoms with Crippen molar-refractivity contribution in [1.29, 1.82) is 0 Å². The zero-order valence-corrected chi connectivity index (χ0v) is 13.0. The van der Waals surface area contributed by atoms with E-state index in [-0.39, 0.29) is 11.6 Å². The molecule has 4 nitrogen and oxygen atoms in total. The number of benzene rings is 2. The molecule has 0 atom stereocenters. The second-order valence-corrected chi connectivity index (χ2v) is 5.21. The molecule has 0 saturated carbocycles. The number of carbonyl (C=O) groups excluding carboxylic acids is 2. The Bertz CT molecular complexity index is 834. The van der Waals surface area contributed by atoms with Crippen LogP contribution in [0, 0.1) is 0 Å². The molecule has 0 fully saturated rings. The van der Waals surface area contributed by atoms with Crippen LogP contribution in [-0.4, -0.2) is 25.8 Å². The van der Waals surface area contributed by atoms with Gasteiger partial charge in [-0.15, -0.1) is 6.58 Å². The average Bonchev–Trinajstić information content (AvgIpc) is 2.58. The highest BCUT2D eigenvalue weighted by Gasteiger charge is 2.35. The summed E-state index contributed by atoms with van der Waals surface area (Å²) in [5.74, 6) is 0.390. The molecule has 0 spiro atoms. The summed E-state index contributed by atoms with van der Waals surface area (Å²) in [5, 5.41) is 0. The lowest BCUT2D eigenvalue weighted by molar-refractivity contribution is 0.0974. The molecule has 3 rings (SSSR count). The second-order valence-electron chi connectivity index (χ2n) is 5.21. The van der Waals surface area contributed by atoms with Crippen molar-refractivity contribution in [3.8, 4) is 11.5 Å². The second kappa shape index (κ2) is 5.72. The third kappa shape index (κ3) is 2.14. The molecule has 1 aliphatic rings. The number of hydrogen-bond donors (Lipinski definition) is 0. The van der Waals surface area contributed by atoms with Crippen LogP contribution < -0.4 is 9.47 Å². The number of carbonyl (C=O) groups is 2. The minimum absolute atomic E-state index is 0.226. The highest BCUT2D eigenvalue weighted by Crippen LogP contribution is 2.38. The predicted molar refractivity (Wildman–Crippen MR) is 86.8 cm³/mol. The molecule has 0 aromatic heterocycles. The Morgan fingerprint density at radius 1 is 0.957 bits per heavy atom. The predicted octanol–water partition coefficient (Wildman–Crippen LogP) is 3.21. The topological polar surface area (TPSA) is 52.6 Å². The maximum Gasteiger partial charge on any atom is 0.198 e. The van der Waals surface area contributed by atoms with Crippen molar-refractivity contribution in [1.82, 2.24) is 0 Å². The molecular weight excluding hydrogens is 292 g/mol. The molecule has 116 valence electrons. The minimum atomic E-state index is -0.226. The number of allylic oxidation sites excluding steroid dienone is 1. The van der Waals surface area contributed by atoms with Crippen molar-refractivity contribution >= 4 is 11.6 Å². The molecule has 0 N–H and O–H groups in total. The fourth-order valence-corrected chi connectivity index (χ4v) is 2.98. The van der Waals surface area contributed by atoms with Crippen LogP contribution in [-0.2, 0) is 6.42 Å². The summed E-state index contributed by atoms with van der Waals surface area (Å²) in [6.45, 7) is 3.71. The van der Waals surface area contributed by atoms with Gasteiger partial charge in [-0.1, -0.05) is 24.3 Å². The summed E-state index contributed by atoms with van der Waals surface area (Å²) in [5.41, 5.74) is 2.14. The van der Waals surface area contributed by atoms with Crippen LogP contribution in [0.5, 0.6) is 11.5 Å². The van der Waals surface area contributed by atoms with Crippen LogP contribution in [0.15, 0.2) is 43.0 Å². The van der Waals surface area contributed by atoms with Crippen molar-refractivity contribution in [3.63, 3.8) is 0 Å². The molecular formula is C19H16O4. The highest BCUT2D eigenvalue weighted by atomic mass is 16.5. The van der Waals surface area contributed by atoms with Gasteiger partial charge in [0, 0.05) is 11.1 Å². The van der Waals surface area contributed by atoms with E-state index in [1.807, 2.05) is 0 Å². The minimum Gasteiger partial charge on any atom is -0.496 e. The van der Waals surface area contributed by atoms with Gasteiger partial charge in [0.15, 0.2) is 11.6 Å². The molecule has 0 heterocycles. The van der Waals surface area contributed by atoms with E-state index < -0.39 is 0 Å². The van der Waals surface area contributed by atoms with Crippen molar-refractivity contribution < 1.29 is 19.1 Å². The first kappa shape index (κ1) is 15.0. The zero-order chi connectivity index (χ0) is 16.6. The molecule has 2 aromatic rings. The summed E-state index contributed by atoms with van der Waals surface area (Å²) in [6.07, 6.45) is 2.29. The van der Waals surface area contributed by atoms with E-state index in [4.69, 9.17) is 9.47 Å². The first-order valence-electron chi connectivity index (χ1n) is 7.21. The van der Waals surface area contributed by atoms with Crippen molar-refractivity contribution in [2.24, 2.45) is 0 Å². The Kier molecular flexibility index (Phi) is 3.74. The number of fused-ring (bicyclic) bond motifs is 2. The van der Waals surface area contributed by atoms with E-state index in [0.717, 1.165) is 5.56 Å². The molecule has 0 radical (unpaired) electrons. The molecule has 0 bridgehead atoms.